The smallest absolute Gasteiger partial charge is 0.255 e. The van der Waals surface area contributed by atoms with Gasteiger partial charge in [0.2, 0.25) is 0 Å². The van der Waals surface area contributed by atoms with E-state index in [2.05, 4.69) is 21.2 Å². The lowest BCUT2D eigenvalue weighted by atomic mass is 10.1. The average molecular weight is 308 g/mol. The number of carbonyl (C=O) groups excluding carboxylic acids is 1. The molecule has 2 rings (SSSR count). The molecule has 0 bridgehead atoms. The van der Waals surface area contributed by atoms with Gasteiger partial charge in [-0.25, -0.2) is 4.39 Å². The molecule has 0 fully saturated rings. The van der Waals surface area contributed by atoms with Crippen molar-refractivity contribution < 1.29 is 9.18 Å². The molecule has 0 atom stereocenters. The van der Waals surface area contributed by atoms with Gasteiger partial charge >= 0.3 is 0 Å². The van der Waals surface area contributed by atoms with Crippen LogP contribution < -0.4 is 5.32 Å². The summed E-state index contributed by atoms with van der Waals surface area (Å²) in [6.45, 7) is 0. The molecule has 1 amide bonds. The number of hydrogen-bond acceptors (Lipinski definition) is 1. The zero-order valence-electron chi connectivity index (χ0n) is 9.49. The normalized spacial score (nSPS) is 10.1. The SMILES string of the molecule is O=C(Nc1ccc(F)cc1)c1ccc(CBr)cc1. The van der Waals surface area contributed by atoms with Crippen molar-refractivity contribution in [3.8, 4) is 0 Å². The minimum absolute atomic E-state index is 0.206. The van der Waals surface area contributed by atoms with E-state index in [0.29, 0.717) is 11.3 Å². The first-order valence-corrected chi connectivity index (χ1v) is 6.53. The molecule has 0 aliphatic carbocycles. The molecule has 0 aliphatic rings. The van der Waals surface area contributed by atoms with E-state index in [4.69, 9.17) is 0 Å². The molecule has 0 spiro atoms. The van der Waals surface area contributed by atoms with E-state index in [1.54, 1.807) is 12.1 Å². The van der Waals surface area contributed by atoms with Gasteiger partial charge in [-0.1, -0.05) is 28.1 Å². The zero-order valence-corrected chi connectivity index (χ0v) is 11.1. The summed E-state index contributed by atoms with van der Waals surface area (Å²) in [5.74, 6) is -0.530. The summed E-state index contributed by atoms with van der Waals surface area (Å²) in [6.07, 6.45) is 0. The summed E-state index contributed by atoms with van der Waals surface area (Å²) in [6, 6.07) is 13.0. The van der Waals surface area contributed by atoms with Crippen molar-refractivity contribution in [2.75, 3.05) is 5.32 Å². The summed E-state index contributed by atoms with van der Waals surface area (Å²) < 4.78 is 12.7. The Morgan fingerprint density at radius 3 is 2.22 bits per heavy atom. The van der Waals surface area contributed by atoms with Gasteiger partial charge in [-0.05, 0) is 42.0 Å². The lowest BCUT2D eigenvalue weighted by Gasteiger charge is -2.05. The highest BCUT2D eigenvalue weighted by Gasteiger charge is 2.05. The molecule has 0 unspecified atom stereocenters. The summed E-state index contributed by atoms with van der Waals surface area (Å²) >= 11 is 3.34. The number of carbonyl (C=O) groups is 1. The zero-order chi connectivity index (χ0) is 13.0. The molecular formula is C14H11BrFNO. The number of benzene rings is 2. The molecule has 2 nitrogen and oxygen atoms in total. The first-order chi connectivity index (χ1) is 8.69. The van der Waals surface area contributed by atoms with Crippen LogP contribution in [0, 0.1) is 5.82 Å². The Balaban J connectivity index is 2.09. The molecular weight excluding hydrogens is 297 g/mol. The average Bonchev–Trinajstić information content (AvgIpc) is 2.41. The van der Waals surface area contributed by atoms with Crippen LogP contribution in [-0.2, 0) is 5.33 Å². The highest BCUT2D eigenvalue weighted by molar-refractivity contribution is 9.08. The van der Waals surface area contributed by atoms with Crippen LogP contribution in [0.2, 0.25) is 0 Å². The van der Waals surface area contributed by atoms with E-state index < -0.39 is 0 Å². The predicted octanol–water partition coefficient (Wildman–Crippen LogP) is 3.97. The van der Waals surface area contributed by atoms with Crippen LogP contribution in [0.15, 0.2) is 48.5 Å². The maximum Gasteiger partial charge on any atom is 0.255 e. The molecule has 0 aromatic heterocycles. The van der Waals surface area contributed by atoms with Crippen LogP contribution in [-0.4, -0.2) is 5.91 Å². The van der Waals surface area contributed by atoms with Gasteiger partial charge in [0.15, 0.2) is 0 Å². The van der Waals surface area contributed by atoms with Gasteiger partial charge in [-0.15, -0.1) is 0 Å². The van der Waals surface area contributed by atoms with Crippen molar-refractivity contribution in [1.29, 1.82) is 0 Å². The standard InChI is InChI=1S/C14H11BrFNO/c15-9-10-1-3-11(4-2-10)14(18)17-13-7-5-12(16)6-8-13/h1-8H,9H2,(H,17,18). The maximum absolute atomic E-state index is 12.7. The number of nitrogens with one attached hydrogen (secondary N) is 1. The van der Waals surface area contributed by atoms with Gasteiger partial charge in [0.1, 0.15) is 5.82 Å². The van der Waals surface area contributed by atoms with Gasteiger partial charge < -0.3 is 5.32 Å². The summed E-state index contributed by atoms with van der Waals surface area (Å²) in [7, 11) is 0. The fraction of sp³-hybridized carbons (Fsp3) is 0.0714. The molecule has 2 aromatic rings. The number of amides is 1. The Kier molecular flexibility index (Phi) is 4.10. The quantitative estimate of drug-likeness (QED) is 0.854. The minimum Gasteiger partial charge on any atom is -0.322 e. The lowest BCUT2D eigenvalue weighted by Crippen LogP contribution is -2.11. The lowest BCUT2D eigenvalue weighted by molar-refractivity contribution is 0.102. The van der Waals surface area contributed by atoms with Crippen LogP contribution in [0.1, 0.15) is 15.9 Å². The van der Waals surface area contributed by atoms with Crippen molar-refractivity contribution in [3.05, 3.63) is 65.5 Å². The molecule has 0 radical (unpaired) electrons. The Morgan fingerprint density at radius 2 is 1.67 bits per heavy atom. The third-order valence-corrected chi connectivity index (χ3v) is 3.12. The van der Waals surface area contributed by atoms with E-state index >= 15 is 0 Å². The fourth-order valence-electron chi connectivity index (χ4n) is 1.48. The first kappa shape index (κ1) is 12.8. The van der Waals surface area contributed by atoms with Crippen molar-refractivity contribution in [2.24, 2.45) is 0 Å². The third kappa shape index (κ3) is 3.17. The molecule has 4 heteroatoms. The molecule has 2 aromatic carbocycles. The van der Waals surface area contributed by atoms with Gasteiger partial charge in [-0.2, -0.15) is 0 Å². The van der Waals surface area contributed by atoms with Crippen LogP contribution in [0.25, 0.3) is 0 Å². The Morgan fingerprint density at radius 1 is 1.06 bits per heavy atom. The molecule has 0 saturated carbocycles. The molecule has 18 heavy (non-hydrogen) atoms. The largest absolute Gasteiger partial charge is 0.322 e. The molecule has 0 heterocycles. The number of rotatable bonds is 3. The van der Waals surface area contributed by atoms with Gasteiger partial charge in [0.25, 0.3) is 5.91 Å². The van der Waals surface area contributed by atoms with E-state index in [9.17, 15) is 9.18 Å². The predicted molar refractivity (Wildman–Crippen MR) is 73.4 cm³/mol. The van der Waals surface area contributed by atoms with Gasteiger partial charge in [0, 0.05) is 16.6 Å². The maximum atomic E-state index is 12.7. The summed E-state index contributed by atoms with van der Waals surface area (Å²) in [5.41, 5.74) is 2.25. The van der Waals surface area contributed by atoms with E-state index in [-0.39, 0.29) is 11.7 Å². The second kappa shape index (κ2) is 5.78. The number of halogens is 2. The summed E-state index contributed by atoms with van der Waals surface area (Å²) in [4.78, 5) is 11.9. The van der Waals surface area contributed by atoms with Crippen LogP contribution >= 0.6 is 15.9 Å². The van der Waals surface area contributed by atoms with E-state index in [0.717, 1.165) is 10.9 Å². The molecule has 92 valence electrons. The second-order valence-corrected chi connectivity index (χ2v) is 4.35. The van der Waals surface area contributed by atoms with Crippen LogP contribution in [0.4, 0.5) is 10.1 Å². The number of anilines is 1. The van der Waals surface area contributed by atoms with Crippen molar-refractivity contribution in [1.82, 2.24) is 0 Å². The number of hydrogen-bond donors (Lipinski definition) is 1. The van der Waals surface area contributed by atoms with Crippen LogP contribution in [0.3, 0.4) is 0 Å². The van der Waals surface area contributed by atoms with Crippen LogP contribution in [0.5, 0.6) is 0 Å². The van der Waals surface area contributed by atoms with Gasteiger partial charge in [-0.3, -0.25) is 4.79 Å². The van der Waals surface area contributed by atoms with Gasteiger partial charge in [0.05, 0.1) is 0 Å². The fourth-order valence-corrected chi connectivity index (χ4v) is 1.86. The number of alkyl halides is 1. The monoisotopic (exact) mass is 307 g/mol. The highest BCUT2D eigenvalue weighted by atomic mass is 79.9. The Hall–Kier alpha value is -1.68. The second-order valence-electron chi connectivity index (χ2n) is 3.79. The topological polar surface area (TPSA) is 29.1 Å². The Bertz CT molecular complexity index is 537. The highest BCUT2D eigenvalue weighted by Crippen LogP contribution is 2.12. The van der Waals surface area contributed by atoms with Crippen molar-refractivity contribution >= 4 is 27.5 Å². The van der Waals surface area contributed by atoms with E-state index in [1.807, 2.05) is 12.1 Å². The third-order valence-electron chi connectivity index (χ3n) is 2.47. The van der Waals surface area contributed by atoms with Crippen molar-refractivity contribution in [2.45, 2.75) is 5.33 Å². The van der Waals surface area contributed by atoms with E-state index in [1.165, 1.54) is 24.3 Å². The summed E-state index contributed by atoms with van der Waals surface area (Å²) in [5, 5.41) is 3.46. The minimum atomic E-state index is -0.324. The molecule has 1 N–H and O–H groups in total. The van der Waals surface area contributed by atoms with Crippen molar-refractivity contribution in [3.63, 3.8) is 0 Å². The molecule has 0 aliphatic heterocycles. The Labute approximate surface area is 113 Å². The first-order valence-electron chi connectivity index (χ1n) is 5.41. The molecule has 0 saturated heterocycles.